The summed E-state index contributed by atoms with van der Waals surface area (Å²) in [4.78, 5) is 31.8. The summed E-state index contributed by atoms with van der Waals surface area (Å²) in [5, 5.41) is 12.9. The lowest BCUT2D eigenvalue weighted by Gasteiger charge is -2.40. The number of imidazole rings is 1. The minimum Gasteiger partial charge on any atom is -0.465 e. The van der Waals surface area contributed by atoms with Gasteiger partial charge in [0.05, 0.1) is 18.3 Å². The number of aromatic nitrogens is 2. The van der Waals surface area contributed by atoms with Crippen LogP contribution in [0, 0.1) is 0 Å². The van der Waals surface area contributed by atoms with Crippen molar-refractivity contribution in [3.05, 3.63) is 66.1 Å². The van der Waals surface area contributed by atoms with Crippen molar-refractivity contribution in [2.24, 2.45) is 0 Å². The first-order valence-electron chi connectivity index (χ1n) is 11.8. The molecular weight excluding hydrogens is 430 g/mol. The molecule has 2 aliphatic rings. The van der Waals surface area contributed by atoms with Crippen LogP contribution in [0.15, 0.2) is 54.7 Å². The van der Waals surface area contributed by atoms with Crippen molar-refractivity contribution < 1.29 is 14.7 Å². The molecule has 0 radical (unpaired) electrons. The van der Waals surface area contributed by atoms with Crippen molar-refractivity contribution in [1.29, 1.82) is 0 Å². The van der Waals surface area contributed by atoms with Gasteiger partial charge in [0.2, 0.25) is 5.91 Å². The molecule has 8 heteroatoms. The number of anilines is 2. The molecule has 0 fully saturated rings. The molecule has 5 rings (SSSR count). The second-order valence-electron chi connectivity index (χ2n) is 8.98. The quantitative estimate of drug-likeness (QED) is 0.589. The molecule has 3 aromatic rings. The number of amides is 2. The highest BCUT2D eigenvalue weighted by atomic mass is 16.4. The molecule has 2 aromatic carbocycles. The van der Waals surface area contributed by atoms with Gasteiger partial charge in [-0.05, 0) is 37.1 Å². The maximum atomic E-state index is 12.6. The lowest BCUT2D eigenvalue weighted by molar-refractivity contribution is -0.118. The van der Waals surface area contributed by atoms with E-state index < -0.39 is 6.09 Å². The van der Waals surface area contributed by atoms with Gasteiger partial charge in [-0.25, -0.2) is 9.78 Å². The van der Waals surface area contributed by atoms with E-state index in [1.165, 1.54) is 4.90 Å². The predicted molar refractivity (Wildman–Crippen MR) is 131 cm³/mol. The zero-order valence-electron chi connectivity index (χ0n) is 19.4. The molecule has 0 bridgehead atoms. The molecule has 0 saturated carbocycles. The Morgan fingerprint density at radius 3 is 2.62 bits per heavy atom. The van der Waals surface area contributed by atoms with Gasteiger partial charge >= 0.3 is 6.09 Å². The number of fused-ring (bicyclic) bond motifs is 2. The highest BCUT2D eigenvalue weighted by molar-refractivity contribution is 5.95. The summed E-state index contributed by atoms with van der Waals surface area (Å²) in [6.45, 7) is 5.41. The lowest BCUT2D eigenvalue weighted by atomic mass is 9.91. The van der Waals surface area contributed by atoms with Crippen LogP contribution in [0.25, 0.3) is 11.3 Å². The lowest BCUT2D eigenvalue weighted by Crippen LogP contribution is -2.44. The van der Waals surface area contributed by atoms with Crippen LogP contribution in [0.4, 0.5) is 16.2 Å². The van der Waals surface area contributed by atoms with Crippen molar-refractivity contribution in [2.75, 3.05) is 16.8 Å². The first-order chi connectivity index (χ1) is 16.4. The molecule has 2 aliphatic heterocycles. The highest BCUT2D eigenvalue weighted by Gasteiger charge is 2.32. The Morgan fingerprint density at radius 2 is 1.88 bits per heavy atom. The number of carbonyl (C=O) groups is 2. The monoisotopic (exact) mass is 459 g/mol. The van der Waals surface area contributed by atoms with Crippen molar-refractivity contribution in [1.82, 2.24) is 14.5 Å². The standard InChI is InChI=1S/C26H29N5O3/c1-3-25(32)31-17(2)14-21(20-6-4-5-7-23(20)31)27-19-10-8-18(9-11-19)22-15-29-12-13-30(26(33)34)16-24(29)28-22/h4-11,15,17,21,27H,3,12-14,16H2,1-2H3,(H,33,34)/t17-,21+/m0/s1. The minimum atomic E-state index is -0.910. The molecule has 0 aliphatic carbocycles. The Labute approximate surface area is 198 Å². The number of carboxylic acid groups (broad SMARTS) is 1. The number of hydrogen-bond acceptors (Lipinski definition) is 4. The fraction of sp³-hybridized carbons (Fsp3) is 0.346. The van der Waals surface area contributed by atoms with Crippen molar-refractivity contribution >= 4 is 23.4 Å². The maximum absolute atomic E-state index is 12.6. The van der Waals surface area contributed by atoms with Gasteiger partial charge in [0.1, 0.15) is 5.82 Å². The van der Waals surface area contributed by atoms with Gasteiger partial charge in [0, 0.05) is 48.7 Å². The summed E-state index contributed by atoms with van der Waals surface area (Å²) in [6.07, 6.45) is 2.41. The molecule has 2 atom stereocenters. The molecular formula is C26H29N5O3. The first-order valence-corrected chi connectivity index (χ1v) is 11.8. The summed E-state index contributed by atoms with van der Waals surface area (Å²) >= 11 is 0. The van der Waals surface area contributed by atoms with E-state index in [2.05, 4.69) is 23.3 Å². The highest BCUT2D eigenvalue weighted by Crippen LogP contribution is 2.39. The molecule has 176 valence electrons. The van der Waals surface area contributed by atoms with Crippen LogP contribution in [0.5, 0.6) is 0 Å². The van der Waals surface area contributed by atoms with E-state index >= 15 is 0 Å². The molecule has 34 heavy (non-hydrogen) atoms. The normalized spacial score (nSPS) is 19.4. The van der Waals surface area contributed by atoms with E-state index in [0.29, 0.717) is 26.1 Å². The summed E-state index contributed by atoms with van der Waals surface area (Å²) in [5.74, 6) is 0.918. The smallest absolute Gasteiger partial charge is 0.407 e. The van der Waals surface area contributed by atoms with Gasteiger partial charge in [-0.15, -0.1) is 0 Å². The van der Waals surface area contributed by atoms with Crippen LogP contribution in [-0.4, -0.2) is 44.1 Å². The van der Waals surface area contributed by atoms with Crippen LogP contribution >= 0.6 is 0 Å². The van der Waals surface area contributed by atoms with Crippen molar-refractivity contribution in [3.8, 4) is 11.3 Å². The fourth-order valence-corrected chi connectivity index (χ4v) is 4.99. The van der Waals surface area contributed by atoms with Crippen LogP contribution in [0.2, 0.25) is 0 Å². The van der Waals surface area contributed by atoms with Crippen LogP contribution in [0.1, 0.15) is 44.1 Å². The van der Waals surface area contributed by atoms with E-state index in [-0.39, 0.29) is 18.0 Å². The average molecular weight is 460 g/mol. The number of para-hydroxylation sites is 1. The Bertz CT molecular complexity index is 1220. The van der Waals surface area contributed by atoms with E-state index in [9.17, 15) is 14.7 Å². The van der Waals surface area contributed by atoms with E-state index in [1.54, 1.807) is 0 Å². The van der Waals surface area contributed by atoms with Gasteiger partial charge in [-0.2, -0.15) is 0 Å². The Kier molecular flexibility index (Phi) is 5.73. The number of nitrogens with zero attached hydrogens (tertiary/aromatic N) is 4. The van der Waals surface area contributed by atoms with Crippen LogP contribution in [-0.2, 0) is 17.9 Å². The molecule has 3 heterocycles. The Hall–Kier alpha value is -3.81. The van der Waals surface area contributed by atoms with Crippen molar-refractivity contribution in [2.45, 2.75) is 51.9 Å². The van der Waals surface area contributed by atoms with Gasteiger partial charge < -0.3 is 19.9 Å². The third kappa shape index (κ3) is 4.00. The number of benzene rings is 2. The van der Waals surface area contributed by atoms with E-state index in [4.69, 9.17) is 0 Å². The molecule has 2 amide bonds. The third-order valence-electron chi connectivity index (χ3n) is 6.75. The predicted octanol–water partition coefficient (Wildman–Crippen LogP) is 4.73. The second-order valence-corrected chi connectivity index (χ2v) is 8.98. The van der Waals surface area contributed by atoms with Crippen LogP contribution < -0.4 is 10.2 Å². The summed E-state index contributed by atoms with van der Waals surface area (Å²) in [7, 11) is 0. The fourth-order valence-electron chi connectivity index (χ4n) is 4.99. The maximum Gasteiger partial charge on any atom is 0.407 e. The number of nitrogens with one attached hydrogen (secondary N) is 1. The first kappa shape index (κ1) is 22.0. The van der Waals surface area contributed by atoms with Crippen molar-refractivity contribution in [3.63, 3.8) is 0 Å². The summed E-state index contributed by atoms with van der Waals surface area (Å²) < 4.78 is 2.03. The zero-order chi connectivity index (χ0) is 23.8. The van der Waals surface area contributed by atoms with Gasteiger partial charge in [0.25, 0.3) is 0 Å². The zero-order valence-corrected chi connectivity index (χ0v) is 19.4. The molecule has 8 nitrogen and oxygen atoms in total. The molecule has 0 saturated heterocycles. The largest absolute Gasteiger partial charge is 0.465 e. The van der Waals surface area contributed by atoms with E-state index in [1.807, 2.05) is 65.1 Å². The van der Waals surface area contributed by atoms with Crippen LogP contribution in [0.3, 0.4) is 0 Å². The topological polar surface area (TPSA) is 90.7 Å². The minimum absolute atomic E-state index is 0.111. The van der Waals surface area contributed by atoms with E-state index in [0.717, 1.165) is 40.4 Å². The summed E-state index contributed by atoms with van der Waals surface area (Å²) in [5.41, 5.74) is 4.97. The SMILES string of the molecule is CCC(=O)N1c2ccccc2[C@H](Nc2ccc(-c3cn4c(n3)CN(C(=O)O)CC4)cc2)C[C@@H]1C. The molecule has 0 spiro atoms. The van der Waals surface area contributed by atoms with Gasteiger partial charge in [-0.3, -0.25) is 9.69 Å². The summed E-state index contributed by atoms with van der Waals surface area (Å²) in [6, 6.07) is 16.5. The Balaban J connectivity index is 1.34. The molecule has 1 aromatic heterocycles. The third-order valence-corrected chi connectivity index (χ3v) is 6.75. The number of rotatable bonds is 4. The second kappa shape index (κ2) is 8.85. The molecule has 2 N–H and O–H groups in total. The number of carbonyl (C=O) groups excluding carboxylic acids is 1. The van der Waals surface area contributed by atoms with Gasteiger partial charge in [0.15, 0.2) is 0 Å². The van der Waals surface area contributed by atoms with Gasteiger partial charge in [-0.1, -0.05) is 37.3 Å². The number of hydrogen-bond donors (Lipinski definition) is 2. The Morgan fingerprint density at radius 1 is 1.12 bits per heavy atom. The molecule has 0 unspecified atom stereocenters. The average Bonchev–Trinajstić information content (AvgIpc) is 3.27.